The summed E-state index contributed by atoms with van der Waals surface area (Å²) in [7, 11) is 0. The lowest BCUT2D eigenvalue weighted by atomic mass is 10.1. The molecule has 1 aromatic carbocycles. The molecule has 2 aromatic rings. The number of amides is 1. The molecule has 1 fully saturated rings. The molecule has 3 rings (SSSR count). The maximum absolute atomic E-state index is 12.0. The second-order valence-corrected chi connectivity index (χ2v) is 5.41. The molecule has 0 spiro atoms. The molecular formula is C14H13N3O5. The van der Waals surface area contributed by atoms with Gasteiger partial charge in [-0.1, -0.05) is 0 Å². The van der Waals surface area contributed by atoms with Crippen LogP contribution in [-0.4, -0.2) is 32.4 Å². The van der Waals surface area contributed by atoms with E-state index >= 15 is 0 Å². The van der Waals surface area contributed by atoms with Crippen molar-refractivity contribution in [2.45, 2.75) is 24.8 Å². The number of carbonyl (C=O) groups excluding carboxylic acids is 1. The minimum Gasteiger partial charge on any atom is -0.480 e. The first-order valence-corrected chi connectivity index (χ1v) is 6.70. The normalized spacial score (nSPS) is 15.5. The zero-order valence-electron chi connectivity index (χ0n) is 11.5. The monoisotopic (exact) mass is 303 g/mol. The van der Waals surface area contributed by atoms with E-state index in [0.29, 0.717) is 29.3 Å². The highest BCUT2D eigenvalue weighted by molar-refractivity contribution is 5.93. The quantitative estimate of drug-likeness (QED) is 0.568. The van der Waals surface area contributed by atoms with Crippen LogP contribution in [0.1, 0.15) is 18.4 Å². The van der Waals surface area contributed by atoms with Gasteiger partial charge in [0.15, 0.2) is 0 Å². The molecule has 1 aliphatic carbocycles. The van der Waals surface area contributed by atoms with Crippen LogP contribution in [0.25, 0.3) is 10.9 Å². The highest BCUT2D eigenvalue weighted by Crippen LogP contribution is 2.35. The number of nitrogens with zero attached hydrogens (tertiary/aromatic N) is 1. The Bertz CT molecular complexity index is 791. The molecule has 22 heavy (non-hydrogen) atoms. The van der Waals surface area contributed by atoms with Crippen molar-refractivity contribution in [1.82, 2.24) is 10.3 Å². The number of rotatable bonds is 5. The van der Waals surface area contributed by atoms with E-state index in [1.165, 1.54) is 12.1 Å². The van der Waals surface area contributed by atoms with Crippen molar-refractivity contribution in [3.8, 4) is 0 Å². The fraction of sp³-hybridized carbons (Fsp3) is 0.286. The van der Waals surface area contributed by atoms with Crippen LogP contribution in [0.3, 0.4) is 0 Å². The predicted molar refractivity (Wildman–Crippen MR) is 76.4 cm³/mol. The van der Waals surface area contributed by atoms with Crippen molar-refractivity contribution >= 4 is 28.5 Å². The van der Waals surface area contributed by atoms with Gasteiger partial charge in [-0.3, -0.25) is 14.9 Å². The molecule has 8 heteroatoms. The number of carbonyl (C=O) groups is 2. The largest absolute Gasteiger partial charge is 0.480 e. The Morgan fingerprint density at radius 1 is 1.41 bits per heavy atom. The van der Waals surface area contributed by atoms with Gasteiger partial charge < -0.3 is 15.4 Å². The van der Waals surface area contributed by atoms with Crippen LogP contribution < -0.4 is 5.32 Å². The second-order valence-electron chi connectivity index (χ2n) is 5.41. The van der Waals surface area contributed by atoms with Crippen molar-refractivity contribution < 1.29 is 19.6 Å². The maximum atomic E-state index is 12.0. The van der Waals surface area contributed by atoms with Crippen LogP contribution >= 0.6 is 0 Å². The average molecular weight is 303 g/mol. The van der Waals surface area contributed by atoms with Crippen molar-refractivity contribution in [2.24, 2.45) is 0 Å². The molecule has 8 nitrogen and oxygen atoms in total. The number of aliphatic carboxylic acids is 1. The molecule has 0 aliphatic heterocycles. The number of nitrogens with one attached hydrogen (secondary N) is 2. The molecule has 0 radical (unpaired) electrons. The van der Waals surface area contributed by atoms with E-state index in [1.807, 2.05) is 0 Å². The number of non-ortho nitro benzene ring substituents is 1. The third-order valence-electron chi connectivity index (χ3n) is 3.85. The predicted octanol–water partition coefficient (Wildman–Crippen LogP) is 1.35. The zero-order chi connectivity index (χ0) is 15.9. The van der Waals surface area contributed by atoms with E-state index in [4.69, 9.17) is 5.11 Å². The summed E-state index contributed by atoms with van der Waals surface area (Å²) in [4.78, 5) is 36.3. The Balaban J connectivity index is 1.81. The zero-order valence-corrected chi connectivity index (χ0v) is 11.5. The van der Waals surface area contributed by atoms with Crippen molar-refractivity contribution in [3.05, 3.63) is 40.1 Å². The Morgan fingerprint density at radius 2 is 2.14 bits per heavy atom. The van der Waals surface area contributed by atoms with Crippen LogP contribution in [0, 0.1) is 10.1 Å². The SMILES string of the molecule is O=C(Cc1c[nH]c2ccc([N+](=O)[O-])cc12)NC1(C(=O)O)CC1. The summed E-state index contributed by atoms with van der Waals surface area (Å²) in [5, 5.41) is 23.0. The molecule has 1 aliphatic rings. The van der Waals surface area contributed by atoms with Gasteiger partial charge in [0.05, 0.1) is 11.3 Å². The number of nitro groups is 1. The first-order valence-electron chi connectivity index (χ1n) is 6.70. The summed E-state index contributed by atoms with van der Waals surface area (Å²) in [5.74, 6) is -1.44. The Kier molecular flexibility index (Phi) is 3.09. The Hall–Kier alpha value is -2.90. The number of carboxylic acids is 1. The molecule has 0 bridgehead atoms. The lowest BCUT2D eigenvalue weighted by Crippen LogP contribution is -2.43. The number of hydrogen-bond acceptors (Lipinski definition) is 4. The van der Waals surface area contributed by atoms with Crippen LogP contribution in [0.2, 0.25) is 0 Å². The molecule has 0 atom stereocenters. The number of nitro benzene ring substituents is 1. The summed E-state index contributed by atoms with van der Waals surface area (Å²) in [6.45, 7) is 0. The van der Waals surface area contributed by atoms with Crippen LogP contribution in [-0.2, 0) is 16.0 Å². The number of fused-ring (bicyclic) bond motifs is 1. The minimum atomic E-state index is -1.13. The minimum absolute atomic E-state index is 0.0315. The van der Waals surface area contributed by atoms with Crippen molar-refractivity contribution in [2.75, 3.05) is 0 Å². The lowest BCUT2D eigenvalue weighted by molar-refractivity contribution is -0.384. The van der Waals surface area contributed by atoms with E-state index in [0.717, 1.165) is 0 Å². The molecule has 0 saturated heterocycles. The third kappa shape index (κ3) is 2.39. The number of carboxylic acid groups (broad SMARTS) is 1. The average Bonchev–Trinajstić information content (AvgIpc) is 3.14. The first kappa shape index (κ1) is 14.1. The fourth-order valence-corrected chi connectivity index (χ4v) is 2.43. The summed E-state index contributed by atoms with van der Waals surface area (Å²) in [5.41, 5.74) is 0.0953. The van der Waals surface area contributed by atoms with E-state index in [-0.39, 0.29) is 12.1 Å². The smallest absolute Gasteiger partial charge is 0.329 e. The van der Waals surface area contributed by atoms with Gasteiger partial charge >= 0.3 is 5.97 Å². The number of hydrogen-bond donors (Lipinski definition) is 3. The van der Waals surface area contributed by atoms with Gasteiger partial charge in [0.2, 0.25) is 5.91 Å². The Labute approximate surface area is 124 Å². The third-order valence-corrected chi connectivity index (χ3v) is 3.85. The second kappa shape index (κ2) is 4.83. The van der Waals surface area contributed by atoms with Gasteiger partial charge in [-0.15, -0.1) is 0 Å². The van der Waals surface area contributed by atoms with Gasteiger partial charge in [-0.2, -0.15) is 0 Å². The van der Waals surface area contributed by atoms with E-state index in [2.05, 4.69) is 10.3 Å². The van der Waals surface area contributed by atoms with Gasteiger partial charge in [0, 0.05) is 29.2 Å². The summed E-state index contributed by atoms with van der Waals surface area (Å²) in [6.07, 6.45) is 2.42. The molecule has 0 unspecified atom stereocenters. The van der Waals surface area contributed by atoms with Gasteiger partial charge in [0.1, 0.15) is 5.54 Å². The first-order chi connectivity index (χ1) is 10.4. The van der Waals surface area contributed by atoms with Crippen molar-refractivity contribution in [3.63, 3.8) is 0 Å². The van der Waals surface area contributed by atoms with E-state index < -0.39 is 22.3 Å². The summed E-state index contributed by atoms with van der Waals surface area (Å²) in [6, 6.07) is 4.36. The molecule has 1 heterocycles. The van der Waals surface area contributed by atoms with Gasteiger partial charge in [0.25, 0.3) is 5.69 Å². The number of aromatic amines is 1. The van der Waals surface area contributed by atoms with E-state index in [1.54, 1.807) is 12.3 Å². The Morgan fingerprint density at radius 3 is 2.73 bits per heavy atom. The molecule has 3 N–H and O–H groups in total. The van der Waals surface area contributed by atoms with Gasteiger partial charge in [-0.25, -0.2) is 4.79 Å². The van der Waals surface area contributed by atoms with Crippen LogP contribution in [0.4, 0.5) is 5.69 Å². The van der Waals surface area contributed by atoms with Crippen molar-refractivity contribution in [1.29, 1.82) is 0 Å². The number of H-pyrrole nitrogens is 1. The summed E-state index contributed by atoms with van der Waals surface area (Å²) < 4.78 is 0. The fourth-order valence-electron chi connectivity index (χ4n) is 2.43. The van der Waals surface area contributed by atoms with Crippen LogP contribution in [0.5, 0.6) is 0 Å². The maximum Gasteiger partial charge on any atom is 0.329 e. The summed E-state index contributed by atoms with van der Waals surface area (Å²) >= 11 is 0. The van der Waals surface area contributed by atoms with E-state index in [9.17, 15) is 19.7 Å². The molecular weight excluding hydrogens is 290 g/mol. The standard InChI is InChI=1S/C14H13N3O5/c18-12(16-14(3-4-14)13(19)20)5-8-7-15-11-2-1-9(17(21)22)6-10(8)11/h1-2,6-7,15H,3-5H2,(H,16,18)(H,19,20). The molecule has 1 amide bonds. The number of benzene rings is 1. The molecule has 114 valence electrons. The topological polar surface area (TPSA) is 125 Å². The molecule has 1 saturated carbocycles. The molecule has 1 aromatic heterocycles. The van der Waals surface area contributed by atoms with Crippen LogP contribution in [0.15, 0.2) is 24.4 Å². The highest BCUT2D eigenvalue weighted by atomic mass is 16.6. The number of aromatic nitrogens is 1. The lowest BCUT2D eigenvalue weighted by Gasteiger charge is -2.11. The highest BCUT2D eigenvalue weighted by Gasteiger charge is 2.51. The van der Waals surface area contributed by atoms with Gasteiger partial charge in [-0.05, 0) is 24.5 Å².